The summed E-state index contributed by atoms with van der Waals surface area (Å²) in [4.78, 5) is 12.6. The lowest BCUT2D eigenvalue weighted by Crippen LogP contribution is -2.23. The molecule has 0 aliphatic carbocycles. The lowest BCUT2D eigenvalue weighted by molar-refractivity contribution is 0.598. The number of anilines is 1. The molecule has 3 aromatic rings. The number of aromatic nitrogens is 2. The Morgan fingerprint density at radius 1 is 1.00 bits per heavy atom. The number of sulfonamides is 1. The summed E-state index contributed by atoms with van der Waals surface area (Å²) in [7, 11) is -3.76. The van der Waals surface area contributed by atoms with Gasteiger partial charge in [-0.2, -0.15) is 8.42 Å². The van der Waals surface area contributed by atoms with Crippen LogP contribution in [0.2, 0.25) is 0 Å². The molecule has 0 amide bonds. The van der Waals surface area contributed by atoms with Gasteiger partial charge in [0.1, 0.15) is 4.90 Å². The SMILES string of the molecule is CCn1c(=O)n(CC)c2cc(C3=NS(=O)(=O)c4ccccc4N3)ccc21. The van der Waals surface area contributed by atoms with Gasteiger partial charge in [0.2, 0.25) is 0 Å². The Morgan fingerprint density at radius 3 is 2.42 bits per heavy atom. The fraction of sp³-hybridized carbons (Fsp3) is 0.222. The summed E-state index contributed by atoms with van der Waals surface area (Å²) in [5.74, 6) is 0.255. The van der Waals surface area contributed by atoms with Gasteiger partial charge in [-0.05, 0) is 44.2 Å². The molecule has 0 saturated heterocycles. The number of hydrogen-bond acceptors (Lipinski definition) is 4. The van der Waals surface area contributed by atoms with E-state index in [0.717, 1.165) is 11.0 Å². The van der Waals surface area contributed by atoms with Gasteiger partial charge in [-0.1, -0.05) is 12.1 Å². The fourth-order valence-corrected chi connectivity index (χ4v) is 4.45. The maximum atomic E-state index is 12.5. The number of rotatable bonds is 3. The van der Waals surface area contributed by atoms with Crippen molar-refractivity contribution in [3.05, 3.63) is 58.5 Å². The van der Waals surface area contributed by atoms with Gasteiger partial charge in [-0.15, -0.1) is 4.40 Å². The molecule has 2 aromatic carbocycles. The molecule has 0 saturated carbocycles. The number of amidine groups is 1. The van der Waals surface area contributed by atoms with Crippen molar-refractivity contribution in [2.45, 2.75) is 31.8 Å². The zero-order valence-corrected chi connectivity index (χ0v) is 15.2. The predicted molar refractivity (Wildman–Crippen MR) is 101 cm³/mol. The third-order valence-electron chi connectivity index (χ3n) is 4.55. The highest BCUT2D eigenvalue weighted by Crippen LogP contribution is 2.28. The van der Waals surface area contributed by atoms with Crippen LogP contribution in [0.3, 0.4) is 0 Å². The van der Waals surface area contributed by atoms with Gasteiger partial charge < -0.3 is 5.32 Å². The van der Waals surface area contributed by atoms with E-state index in [9.17, 15) is 13.2 Å². The Kier molecular flexibility index (Phi) is 3.73. The molecule has 0 radical (unpaired) electrons. The van der Waals surface area contributed by atoms with Crippen molar-refractivity contribution < 1.29 is 8.42 Å². The van der Waals surface area contributed by atoms with Gasteiger partial charge in [0.15, 0.2) is 5.84 Å². The Bertz CT molecular complexity index is 1220. The first kappa shape index (κ1) is 16.6. The van der Waals surface area contributed by atoms with Crippen molar-refractivity contribution in [1.29, 1.82) is 0 Å². The Balaban J connectivity index is 1.91. The van der Waals surface area contributed by atoms with Gasteiger partial charge in [0.05, 0.1) is 16.7 Å². The van der Waals surface area contributed by atoms with Crippen LogP contribution < -0.4 is 11.0 Å². The minimum atomic E-state index is -3.76. The molecule has 0 atom stereocenters. The minimum Gasteiger partial charge on any atom is -0.338 e. The molecule has 0 fully saturated rings. The molecule has 4 rings (SSSR count). The Hall–Kier alpha value is -2.87. The average Bonchev–Trinajstić information content (AvgIpc) is 2.90. The molecule has 134 valence electrons. The van der Waals surface area contributed by atoms with Crippen molar-refractivity contribution in [1.82, 2.24) is 9.13 Å². The topological polar surface area (TPSA) is 85.5 Å². The quantitative estimate of drug-likeness (QED) is 0.767. The summed E-state index contributed by atoms with van der Waals surface area (Å²) in [6, 6.07) is 12.1. The van der Waals surface area contributed by atoms with Gasteiger partial charge in [0, 0.05) is 18.7 Å². The van der Waals surface area contributed by atoms with Crippen LogP contribution in [0.15, 0.2) is 56.6 Å². The average molecular weight is 370 g/mol. The van der Waals surface area contributed by atoms with E-state index in [1.54, 1.807) is 33.4 Å². The minimum absolute atomic E-state index is 0.0707. The normalized spacial score (nSPS) is 15.4. The van der Waals surface area contributed by atoms with Crippen LogP contribution in [0.4, 0.5) is 5.69 Å². The number of hydrogen-bond donors (Lipinski definition) is 1. The molecular formula is C18H18N4O3S. The third-order valence-corrected chi connectivity index (χ3v) is 5.89. The second kappa shape index (κ2) is 5.84. The first-order valence-electron chi connectivity index (χ1n) is 8.40. The number of fused-ring (bicyclic) bond motifs is 2. The standard InChI is InChI=1S/C18H18N4O3S/c1-3-21-14-10-9-12(11-15(14)22(4-2)18(21)23)17-19-13-7-5-6-8-16(13)26(24,25)20-17/h5-11H,3-4H2,1-2H3,(H,19,20). The van der Waals surface area contributed by atoms with E-state index in [2.05, 4.69) is 9.71 Å². The van der Waals surface area contributed by atoms with Crippen molar-refractivity contribution in [2.24, 2.45) is 4.40 Å². The number of para-hydroxylation sites is 1. The number of nitrogens with zero attached hydrogens (tertiary/aromatic N) is 3. The van der Waals surface area contributed by atoms with Crippen LogP contribution in [0, 0.1) is 0 Å². The van der Waals surface area contributed by atoms with E-state index in [-0.39, 0.29) is 16.4 Å². The van der Waals surface area contributed by atoms with Crippen LogP contribution >= 0.6 is 0 Å². The fourth-order valence-electron chi connectivity index (χ4n) is 3.32. The van der Waals surface area contributed by atoms with Gasteiger partial charge in [-0.25, -0.2) is 4.79 Å². The molecular weight excluding hydrogens is 352 g/mol. The van der Waals surface area contributed by atoms with Crippen LogP contribution in [-0.4, -0.2) is 23.4 Å². The lowest BCUT2D eigenvalue weighted by atomic mass is 10.1. The van der Waals surface area contributed by atoms with Gasteiger partial charge in [-0.3, -0.25) is 9.13 Å². The number of nitrogens with one attached hydrogen (secondary N) is 1. The molecule has 0 unspecified atom stereocenters. The summed E-state index contributed by atoms with van der Waals surface area (Å²) in [5.41, 5.74) is 2.63. The van der Waals surface area contributed by atoms with Crippen LogP contribution in [-0.2, 0) is 23.1 Å². The molecule has 26 heavy (non-hydrogen) atoms. The molecule has 1 aromatic heterocycles. The Morgan fingerprint density at radius 2 is 1.69 bits per heavy atom. The van der Waals surface area contributed by atoms with Crippen molar-refractivity contribution in [3.63, 3.8) is 0 Å². The van der Waals surface area contributed by atoms with E-state index < -0.39 is 10.0 Å². The third kappa shape index (κ3) is 2.37. The summed E-state index contributed by atoms with van der Waals surface area (Å²) in [6.07, 6.45) is 0. The van der Waals surface area contributed by atoms with Crippen molar-refractivity contribution in [2.75, 3.05) is 5.32 Å². The van der Waals surface area contributed by atoms with E-state index in [1.807, 2.05) is 26.0 Å². The summed E-state index contributed by atoms with van der Waals surface area (Å²) in [5, 5.41) is 3.08. The van der Waals surface area contributed by atoms with Gasteiger partial charge in [0.25, 0.3) is 10.0 Å². The van der Waals surface area contributed by atoms with Gasteiger partial charge >= 0.3 is 5.69 Å². The lowest BCUT2D eigenvalue weighted by Gasteiger charge is -2.18. The molecule has 1 aliphatic rings. The zero-order chi connectivity index (χ0) is 18.5. The summed E-state index contributed by atoms with van der Waals surface area (Å²) < 4.78 is 32.2. The van der Waals surface area contributed by atoms with E-state index >= 15 is 0 Å². The Labute approximate surface area is 150 Å². The maximum Gasteiger partial charge on any atom is 0.329 e. The highest BCUT2D eigenvalue weighted by atomic mass is 32.2. The summed E-state index contributed by atoms with van der Waals surface area (Å²) >= 11 is 0. The van der Waals surface area contributed by atoms with Crippen LogP contribution in [0.1, 0.15) is 19.4 Å². The summed E-state index contributed by atoms with van der Waals surface area (Å²) in [6.45, 7) is 4.94. The molecule has 8 heteroatoms. The molecule has 1 aliphatic heterocycles. The first-order valence-corrected chi connectivity index (χ1v) is 9.84. The second-order valence-corrected chi connectivity index (χ2v) is 7.58. The van der Waals surface area contributed by atoms with Crippen LogP contribution in [0.5, 0.6) is 0 Å². The monoisotopic (exact) mass is 370 g/mol. The predicted octanol–water partition coefficient (Wildman–Crippen LogP) is 2.40. The van der Waals surface area contributed by atoms with Crippen molar-refractivity contribution in [3.8, 4) is 0 Å². The van der Waals surface area contributed by atoms with E-state index in [1.165, 1.54) is 6.07 Å². The molecule has 0 spiro atoms. The highest BCUT2D eigenvalue weighted by molar-refractivity contribution is 7.90. The number of benzene rings is 2. The van der Waals surface area contributed by atoms with Crippen molar-refractivity contribution >= 4 is 32.6 Å². The largest absolute Gasteiger partial charge is 0.338 e. The van der Waals surface area contributed by atoms with E-state index in [0.29, 0.717) is 24.3 Å². The molecule has 7 nitrogen and oxygen atoms in total. The van der Waals surface area contributed by atoms with E-state index in [4.69, 9.17) is 0 Å². The highest BCUT2D eigenvalue weighted by Gasteiger charge is 2.25. The molecule has 1 N–H and O–H groups in total. The molecule has 2 heterocycles. The van der Waals surface area contributed by atoms with Crippen LogP contribution in [0.25, 0.3) is 11.0 Å². The zero-order valence-electron chi connectivity index (χ0n) is 14.4. The smallest absolute Gasteiger partial charge is 0.329 e. The number of aryl methyl sites for hydroxylation is 2. The second-order valence-electron chi connectivity index (χ2n) is 6.01. The maximum absolute atomic E-state index is 12.5. The first-order chi connectivity index (χ1) is 12.5. The number of imidazole rings is 1. The molecule has 0 bridgehead atoms.